The molecule has 0 aromatic heterocycles. The first-order valence-electron chi connectivity index (χ1n) is 28.1. The second kappa shape index (κ2) is 55.2. The molecule has 1 atom stereocenters. The van der Waals surface area contributed by atoms with Crippen molar-refractivity contribution in [1.29, 1.82) is 0 Å². The maximum absolute atomic E-state index is 12.8. The molecule has 0 fully saturated rings. The topological polar surface area (TPSA) is 78.9 Å². The molecule has 6 heteroatoms. The Hall–Kier alpha value is -3.41. The lowest BCUT2D eigenvalue weighted by atomic mass is 10.0. The van der Waals surface area contributed by atoms with Crippen molar-refractivity contribution in [3.63, 3.8) is 0 Å². The van der Waals surface area contributed by atoms with Crippen LogP contribution < -0.4 is 0 Å². The zero-order chi connectivity index (χ0) is 48.6. The van der Waals surface area contributed by atoms with Gasteiger partial charge in [0, 0.05) is 19.3 Å². The molecule has 384 valence electrons. The molecule has 1 unspecified atom stereocenters. The molecule has 0 amide bonds. The van der Waals surface area contributed by atoms with E-state index in [1.807, 2.05) is 0 Å². The smallest absolute Gasteiger partial charge is 0.306 e. The maximum atomic E-state index is 12.8. The van der Waals surface area contributed by atoms with Gasteiger partial charge in [0.1, 0.15) is 13.2 Å². The van der Waals surface area contributed by atoms with Crippen LogP contribution in [0.25, 0.3) is 0 Å². The lowest BCUT2D eigenvalue weighted by Gasteiger charge is -2.18. The molecule has 67 heavy (non-hydrogen) atoms. The third-order valence-corrected chi connectivity index (χ3v) is 11.9. The summed E-state index contributed by atoms with van der Waals surface area (Å²) in [5, 5.41) is 0. The highest BCUT2D eigenvalue weighted by molar-refractivity contribution is 5.71. The van der Waals surface area contributed by atoms with E-state index in [4.69, 9.17) is 14.2 Å². The summed E-state index contributed by atoms with van der Waals surface area (Å²) >= 11 is 0. The van der Waals surface area contributed by atoms with Gasteiger partial charge < -0.3 is 14.2 Å². The van der Waals surface area contributed by atoms with Gasteiger partial charge in [-0.15, -0.1) is 0 Å². The summed E-state index contributed by atoms with van der Waals surface area (Å²) in [4.78, 5) is 37.8. The van der Waals surface area contributed by atoms with E-state index in [-0.39, 0.29) is 37.5 Å². The van der Waals surface area contributed by atoms with Crippen LogP contribution in [0.4, 0.5) is 0 Å². The van der Waals surface area contributed by atoms with E-state index in [1.54, 1.807) is 0 Å². The molecule has 0 rings (SSSR count). The Morgan fingerprint density at radius 3 is 0.910 bits per heavy atom. The fourth-order valence-corrected chi connectivity index (χ4v) is 7.73. The lowest BCUT2D eigenvalue weighted by Crippen LogP contribution is -2.30. The van der Waals surface area contributed by atoms with Gasteiger partial charge in [-0.05, 0) is 70.6 Å². The number of esters is 3. The number of unbranched alkanes of at least 4 members (excludes halogenated alkanes) is 25. The van der Waals surface area contributed by atoms with E-state index >= 15 is 0 Å². The molecular formula is C61H104O6. The summed E-state index contributed by atoms with van der Waals surface area (Å²) in [5.41, 5.74) is 0. The highest BCUT2D eigenvalue weighted by Crippen LogP contribution is 2.16. The molecule has 0 aliphatic heterocycles. The number of ether oxygens (including phenoxy) is 3. The van der Waals surface area contributed by atoms with Crippen molar-refractivity contribution < 1.29 is 28.6 Å². The lowest BCUT2D eigenvalue weighted by molar-refractivity contribution is -0.167. The summed E-state index contributed by atoms with van der Waals surface area (Å²) < 4.78 is 16.7. The van der Waals surface area contributed by atoms with E-state index in [0.717, 1.165) is 89.9 Å². The average Bonchev–Trinajstić information content (AvgIpc) is 3.33. The van der Waals surface area contributed by atoms with Crippen LogP contribution in [0.5, 0.6) is 0 Å². The molecule has 0 heterocycles. The Morgan fingerprint density at radius 2 is 0.582 bits per heavy atom. The van der Waals surface area contributed by atoms with Crippen LogP contribution in [0.3, 0.4) is 0 Å². The van der Waals surface area contributed by atoms with E-state index < -0.39 is 6.10 Å². The first kappa shape index (κ1) is 63.6. The number of carbonyl (C=O) groups excluding carboxylic acids is 3. The number of rotatable bonds is 50. The van der Waals surface area contributed by atoms with Gasteiger partial charge in [-0.25, -0.2) is 0 Å². The van der Waals surface area contributed by atoms with Crippen molar-refractivity contribution in [2.24, 2.45) is 0 Å². The van der Waals surface area contributed by atoms with Gasteiger partial charge >= 0.3 is 17.9 Å². The van der Waals surface area contributed by atoms with E-state index in [9.17, 15) is 14.4 Å². The fourth-order valence-electron chi connectivity index (χ4n) is 7.73. The van der Waals surface area contributed by atoms with Crippen LogP contribution in [0.15, 0.2) is 85.1 Å². The predicted molar refractivity (Wildman–Crippen MR) is 288 cm³/mol. The van der Waals surface area contributed by atoms with Crippen LogP contribution >= 0.6 is 0 Å². The van der Waals surface area contributed by atoms with Crippen molar-refractivity contribution in [2.45, 2.75) is 271 Å². The summed E-state index contributed by atoms with van der Waals surface area (Å²) in [6.45, 7) is 6.43. The summed E-state index contributed by atoms with van der Waals surface area (Å²) in [6, 6.07) is 0. The van der Waals surface area contributed by atoms with Crippen molar-refractivity contribution >= 4 is 17.9 Å². The first-order chi connectivity index (χ1) is 33.0. The summed E-state index contributed by atoms with van der Waals surface area (Å²) in [6.07, 6.45) is 71.8. The van der Waals surface area contributed by atoms with Crippen LogP contribution in [0, 0.1) is 0 Å². The van der Waals surface area contributed by atoms with Gasteiger partial charge in [0.25, 0.3) is 0 Å². The number of hydrogen-bond donors (Lipinski definition) is 0. The molecule has 0 bridgehead atoms. The highest BCUT2D eigenvalue weighted by Gasteiger charge is 2.19. The van der Waals surface area contributed by atoms with Gasteiger partial charge in [-0.2, -0.15) is 0 Å². The van der Waals surface area contributed by atoms with Crippen LogP contribution in [0.1, 0.15) is 265 Å². The molecule has 0 saturated carbocycles. The zero-order valence-electron chi connectivity index (χ0n) is 43.9. The number of carbonyl (C=O) groups is 3. The predicted octanol–water partition coefficient (Wildman–Crippen LogP) is 18.8. The quantitative estimate of drug-likeness (QED) is 0.0262. The molecule has 0 aromatic carbocycles. The van der Waals surface area contributed by atoms with E-state index in [2.05, 4.69) is 106 Å². The van der Waals surface area contributed by atoms with Gasteiger partial charge in [-0.1, -0.05) is 260 Å². The molecular weight excluding hydrogens is 829 g/mol. The largest absolute Gasteiger partial charge is 0.462 e. The summed E-state index contributed by atoms with van der Waals surface area (Å²) in [5.74, 6) is -0.959. The van der Waals surface area contributed by atoms with Gasteiger partial charge in [0.15, 0.2) is 6.10 Å². The fraction of sp³-hybridized carbons (Fsp3) is 0.721. The molecule has 0 N–H and O–H groups in total. The van der Waals surface area contributed by atoms with Gasteiger partial charge in [0.2, 0.25) is 0 Å². The Balaban J connectivity index is 4.26. The summed E-state index contributed by atoms with van der Waals surface area (Å²) in [7, 11) is 0. The molecule has 0 saturated heterocycles. The molecule has 0 spiro atoms. The third-order valence-electron chi connectivity index (χ3n) is 11.9. The van der Waals surface area contributed by atoms with E-state index in [1.165, 1.54) is 128 Å². The van der Waals surface area contributed by atoms with Gasteiger partial charge in [0.05, 0.1) is 0 Å². The Bertz CT molecular complexity index is 1300. The van der Waals surface area contributed by atoms with Crippen molar-refractivity contribution in [1.82, 2.24) is 0 Å². The van der Waals surface area contributed by atoms with Crippen molar-refractivity contribution in [2.75, 3.05) is 13.2 Å². The van der Waals surface area contributed by atoms with E-state index in [0.29, 0.717) is 19.3 Å². The minimum Gasteiger partial charge on any atom is -0.462 e. The van der Waals surface area contributed by atoms with Crippen LogP contribution in [0.2, 0.25) is 0 Å². The van der Waals surface area contributed by atoms with Crippen LogP contribution in [-0.4, -0.2) is 37.2 Å². The number of hydrogen-bond acceptors (Lipinski definition) is 6. The minimum atomic E-state index is -0.795. The Labute approximate surface area is 414 Å². The SMILES string of the molecule is CC/C=C\C/C=C\C/C=C\C/C=C\C/C=C\C/C=C\C/C=C\CCCC(=O)OCC(COC(=O)CCCCCCCC)OC(=O)CCCCCCCCCCCCCCCCCCCCCC. The second-order valence-corrected chi connectivity index (χ2v) is 18.5. The highest BCUT2D eigenvalue weighted by atomic mass is 16.6. The second-order valence-electron chi connectivity index (χ2n) is 18.5. The minimum absolute atomic E-state index is 0.0930. The first-order valence-corrected chi connectivity index (χ1v) is 28.1. The average molecular weight is 933 g/mol. The monoisotopic (exact) mass is 933 g/mol. The Morgan fingerprint density at radius 1 is 0.313 bits per heavy atom. The number of allylic oxidation sites excluding steroid dienone is 14. The normalized spacial score (nSPS) is 12.7. The maximum Gasteiger partial charge on any atom is 0.306 e. The third kappa shape index (κ3) is 53.4. The Kier molecular flexibility index (Phi) is 52.4. The van der Waals surface area contributed by atoms with Crippen molar-refractivity contribution in [3.05, 3.63) is 85.1 Å². The molecule has 0 aliphatic carbocycles. The molecule has 6 nitrogen and oxygen atoms in total. The van der Waals surface area contributed by atoms with Crippen LogP contribution in [-0.2, 0) is 28.6 Å². The zero-order valence-corrected chi connectivity index (χ0v) is 43.9. The van der Waals surface area contributed by atoms with Gasteiger partial charge in [-0.3, -0.25) is 14.4 Å². The molecule has 0 aromatic rings. The molecule has 0 radical (unpaired) electrons. The molecule has 0 aliphatic rings. The van der Waals surface area contributed by atoms with Crippen molar-refractivity contribution in [3.8, 4) is 0 Å². The standard InChI is InChI=1S/C61H104O6/c1-4-7-10-13-16-18-20-22-24-26-28-30-31-32-34-35-37-39-41-43-45-48-51-54-60(63)66-57-58(56-65-59(62)53-50-47-15-12-9-6-3)67-61(64)55-52-49-46-44-42-40-38-36-33-29-27-25-23-21-19-17-14-11-8-5-2/h7,10,16,18,22,24,28,30,32,34,37,39,43,45,58H,4-6,8-9,11-15,17,19-21,23,25-27,29,31,33,35-36,38,40-42,44,46-57H2,1-3H3/b10-7-,18-16-,24-22-,30-28-,34-32-,39-37-,45-43-.